The number of hydrogen-bond donors (Lipinski definition) is 0. The standard InChI is InChI=1S/C13H16FNO2/c1-3-17-13(16)5-4-10-15(2)12-8-6-11(14)7-9-12/h4-9H,3,10H2,1-2H3/b5-4+. The third-order valence-corrected chi connectivity index (χ3v) is 2.19. The molecule has 1 aromatic rings. The molecule has 1 rings (SSSR count). The van der Waals surface area contributed by atoms with E-state index in [2.05, 4.69) is 0 Å². The van der Waals surface area contributed by atoms with Crippen LogP contribution in [0.1, 0.15) is 6.92 Å². The van der Waals surface area contributed by atoms with Crippen molar-refractivity contribution in [1.29, 1.82) is 0 Å². The van der Waals surface area contributed by atoms with Crippen LogP contribution in [0.25, 0.3) is 0 Å². The average Bonchev–Trinajstić information content (AvgIpc) is 2.30. The molecule has 0 unspecified atom stereocenters. The Morgan fingerprint density at radius 3 is 2.65 bits per heavy atom. The van der Waals surface area contributed by atoms with Crippen LogP contribution in [-0.4, -0.2) is 26.2 Å². The van der Waals surface area contributed by atoms with Gasteiger partial charge in [0.15, 0.2) is 0 Å². The van der Waals surface area contributed by atoms with Crippen LogP contribution in [0.3, 0.4) is 0 Å². The molecule has 92 valence electrons. The maximum atomic E-state index is 12.7. The van der Waals surface area contributed by atoms with Crippen molar-refractivity contribution in [1.82, 2.24) is 0 Å². The summed E-state index contributed by atoms with van der Waals surface area (Å²) in [5.74, 6) is -0.607. The lowest BCUT2D eigenvalue weighted by atomic mass is 10.3. The lowest BCUT2D eigenvalue weighted by Gasteiger charge is -2.16. The fourth-order valence-corrected chi connectivity index (χ4v) is 1.30. The highest BCUT2D eigenvalue weighted by Crippen LogP contribution is 2.12. The van der Waals surface area contributed by atoms with Gasteiger partial charge >= 0.3 is 5.97 Å². The molecule has 0 saturated carbocycles. The van der Waals surface area contributed by atoms with Crippen molar-refractivity contribution in [3.8, 4) is 0 Å². The van der Waals surface area contributed by atoms with Crippen molar-refractivity contribution in [2.75, 3.05) is 25.1 Å². The van der Waals surface area contributed by atoms with Crippen LogP contribution in [0, 0.1) is 5.82 Å². The van der Waals surface area contributed by atoms with E-state index in [0.717, 1.165) is 5.69 Å². The number of anilines is 1. The Balaban J connectivity index is 2.47. The molecule has 0 aliphatic rings. The van der Waals surface area contributed by atoms with Gasteiger partial charge in [-0.15, -0.1) is 0 Å². The first-order valence-electron chi connectivity index (χ1n) is 5.43. The number of nitrogens with zero attached hydrogens (tertiary/aromatic N) is 1. The quantitative estimate of drug-likeness (QED) is 0.581. The van der Waals surface area contributed by atoms with E-state index in [9.17, 15) is 9.18 Å². The maximum absolute atomic E-state index is 12.7. The number of ether oxygens (including phenoxy) is 1. The number of likely N-dealkylation sites (N-methyl/N-ethyl adjacent to an activating group) is 1. The molecule has 0 N–H and O–H groups in total. The molecule has 0 aliphatic heterocycles. The Bertz CT molecular complexity index is 387. The van der Waals surface area contributed by atoms with E-state index in [0.29, 0.717) is 13.2 Å². The summed E-state index contributed by atoms with van der Waals surface area (Å²) >= 11 is 0. The van der Waals surface area contributed by atoms with E-state index < -0.39 is 0 Å². The second-order valence-electron chi connectivity index (χ2n) is 3.51. The van der Waals surface area contributed by atoms with Gasteiger partial charge in [0.05, 0.1) is 6.61 Å². The number of rotatable bonds is 5. The monoisotopic (exact) mass is 237 g/mol. The van der Waals surface area contributed by atoms with E-state index in [4.69, 9.17) is 4.74 Å². The first-order valence-corrected chi connectivity index (χ1v) is 5.43. The molecular weight excluding hydrogens is 221 g/mol. The molecule has 0 amide bonds. The SMILES string of the molecule is CCOC(=O)/C=C/CN(C)c1ccc(F)cc1. The summed E-state index contributed by atoms with van der Waals surface area (Å²) in [5.41, 5.74) is 0.889. The summed E-state index contributed by atoms with van der Waals surface area (Å²) in [6.07, 6.45) is 3.10. The second-order valence-corrected chi connectivity index (χ2v) is 3.51. The van der Waals surface area contributed by atoms with Crippen molar-refractivity contribution in [2.24, 2.45) is 0 Å². The minimum absolute atomic E-state index is 0.260. The van der Waals surface area contributed by atoms with Gasteiger partial charge in [-0.1, -0.05) is 6.08 Å². The van der Waals surface area contributed by atoms with Gasteiger partial charge in [0.2, 0.25) is 0 Å². The van der Waals surface area contributed by atoms with Crippen molar-refractivity contribution < 1.29 is 13.9 Å². The largest absolute Gasteiger partial charge is 0.463 e. The summed E-state index contributed by atoms with van der Waals surface area (Å²) < 4.78 is 17.5. The van der Waals surface area contributed by atoms with Crippen LogP contribution in [0.2, 0.25) is 0 Å². The van der Waals surface area contributed by atoms with Crippen LogP contribution >= 0.6 is 0 Å². The highest BCUT2D eigenvalue weighted by molar-refractivity contribution is 5.81. The van der Waals surface area contributed by atoms with E-state index in [1.807, 2.05) is 11.9 Å². The molecule has 0 aromatic heterocycles. The topological polar surface area (TPSA) is 29.5 Å². The number of halogens is 1. The fourth-order valence-electron chi connectivity index (χ4n) is 1.30. The maximum Gasteiger partial charge on any atom is 0.330 e. The fraction of sp³-hybridized carbons (Fsp3) is 0.308. The molecule has 0 bridgehead atoms. The van der Waals surface area contributed by atoms with E-state index >= 15 is 0 Å². The smallest absolute Gasteiger partial charge is 0.330 e. The Kier molecular flexibility index (Phi) is 5.20. The normalized spacial score (nSPS) is 10.5. The highest BCUT2D eigenvalue weighted by Gasteiger charge is 1.99. The van der Waals surface area contributed by atoms with Crippen molar-refractivity contribution >= 4 is 11.7 Å². The van der Waals surface area contributed by atoms with Gasteiger partial charge in [0.1, 0.15) is 5.82 Å². The van der Waals surface area contributed by atoms with Crippen LogP contribution in [0.4, 0.5) is 10.1 Å². The third kappa shape index (κ3) is 4.68. The van der Waals surface area contributed by atoms with Gasteiger partial charge < -0.3 is 9.64 Å². The van der Waals surface area contributed by atoms with E-state index in [1.165, 1.54) is 18.2 Å². The molecule has 0 fully saturated rings. The zero-order valence-electron chi connectivity index (χ0n) is 10.0. The van der Waals surface area contributed by atoms with Crippen molar-refractivity contribution in [3.05, 3.63) is 42.2 Å². The number of carbonyl (C=O) groups excluding carboxylic acids is 1. The highest BCUT2D eigenvalue weighted by atomic mass is 19.1. The summed E-state index contributed by atoms with van der Waals surface area (Å²) in [6, 6.07) is 6.18. The van der Waals surface area contributed by atoms with Crippen LogP contribution < -0.4 is 4.90 Å². The Morgan fingerprint density at radius 1 is 1.41 bits per heavy atom. The summed E-state index contributed by atoms with van der Waals surface area (Å²) in [6.45, 7) is 2.69. The van der Waals surface area contributed by atoms with Crippen molar-refractivity contribution in [2.45, 2.75) is 6.92 Å². The van der Waals surface area contributed by atoms with Gasteiger partial charge in [-0.25, -0.2) is 9.18 Å². The van der Waals surface area contributed by atoms with Gasteiger partial charge in [0, 0.05) is 25.4 Å². The lowest BCUT2D eigenvalue weighted by molar-refractivity contribution is -0.137. The summed E-state index contributed by atoms with van der Waals surface area (Å²) in [7, 11) is 1.86. The van der Waals surface area contributed by atoms with Crippen molar-refractivity contribution in [3.63, 3.8) is 0 Å². The third-order valence-electron chi connectivity index (χ3n) is 2.19. The number of benzene rings is 1. The van der Waals surface area contributed by atoms with Gasteiger partial charge in [-0.2, -0.15) is 0 Å². The summed E-state index contributed by atoms with van der Waals surface area (Å²) in [5, 5.41) is 0. The minimum atomic E-state index is -0.347. The number of esters is 1. The Hall–Kier alpha value is -1.84. The number of carbonyl (C=O) groups is 1. The first kappa shape index (κ1) is 13.2. The average molecular weight is 237 g/mol. The molecule has 0 heterocycles. The molecule has 0 atom stereocenters. The Labute approximate surface area is 100 Å². The molecule has 0 spiro atoms. The first-order chi connectivity index (χ1) is 8.13. The Morgan fingerprint density at radius 2 is 2.06 bits per heavy atom. The van der Waals surface area contributed by atoms with E-state index in [1.54, 1.807) is 25.1 Å². The van der Waals surface area contributed by atoms with Crippen LogP contribution in [0.15, 0.2) is 36.4 Å². The molecule has 1 aromatic carbocycles. The van der Waals surface area contributed by atoms with Gasteiger partial charge in [-0.05, 0) is 31.2 Å². The van der Waals surface area contributed by atoms with Gasteiger partial charge in [-0.3, -0.25) is 0 Å². The molecule has 0 aliphatic carbocycles. The predicted octanol–water partition coefficient (Wildman–Crippen LogP) is 2.38. The summed E-state index contributed by atoms with van der Waals surface area (Å²) in [4.78, 5) is 12.9. The molecule has 4 heteroatoms. The molecule has 0 radical (unpaired) electrons. The minimum Gasteiger partial charge on any atom is -0.463 e. The molecule has 17 heavy (non-hydrogen) atoms. The van der Waals surface area contributed by atoms with Crippen LogP contribution in [0.5, 0.6) is 0 Å². The zero-order valence-corrected chi connectivity index (χ0v) is 10.0. The molecule has 3 nitrogen and oxygen atoms in total. The molecule has 0 saturated heterocycles. The van der Waals surface area contributed by atoms with Crippen LogP contribution in [-0.2, 0) is 9.53 Å². The number of hydrogen-bond acceptors (Lipinski definition) is 3. The van der Waals surface area contributed by atoms with E-state index in [-0.39, 0.29) is 11.8 Å². The van der Waals surface area contributed by atoms with Gasteiger partial charge in [0.25, 0.3) is 0 Å². The zero-order chi connectivity index (χ0) is 12.7. The second kappa shape index (κ2) is 6.68. The lowest BCUT2D eigenvalue weighted by Crippen LogP contribution is -2.17. The molecular formula is C13H16FNO2. The predicted molar refractivity (Wildman–Crippen MR) is 65.4 cm³/mol.